The number of pyridine rings is 3. The van der Waals surface area contributed by atoms with E-state index in [1.807, 2.05) is 26.0 Å². The van der Waals surface area contributed by atoms with Gasteiger partial charge >= 0.3 is 0 Å². The van der Waals surface area contributed by atoms with Crippen molar-refractivity contribution in [3.63, 3.8) is 0 Å². The van der Waals surface area contributed by atoms with Crippen molar-refractivity contribution in [2.24, 2.45) is 7.05 Å². The summed E-state index contributed by atoms with van der Waals surface area (Å²) in [6.07, 6.45) is 3.40. The Hall–Kier alpha value is -3.60. The number of hydrogen-bond acceptors (Lipinski definition) is 7. The van der Waals surface area contributed by atoms with Gasteiger partial charge in [0.1, 0.15) is 29.1 Å². The second kappa shape index (κ2) is 8.64. The van der Waals surface area contributed by atoms with Crippen LogP contribution in [0.2, 0.25) is 0 Å². The fourth-order valence-corrected chi connectivity index (χ4v) is 3.78. The summed E-state index contributed by atoms with van der Waals surface area (Å²) in [6, 6.07) is 10.8. The van der Waals surface area contributed by atoms with Gasteiger partial charge in [-0.15, -0.1) is 0 Å². The van der Waals surface area contributed by atoms with Crippen molar-refractivity contribution in [2.45, 2.75) is 38.9 Å². The standard InChI is InChI=1S/C23H25N5O3/c1-15(2)30-18-5-7-21(25-14-18)31-17-8-10-28(11-9-17)20-12-22(29)27(3)19-6-4-16(13-24)26-23(19)20/h4-7,12,14-15,17H,8-11H2,1-3H3. The Bertz CT molecular complexity index is 1170. The first-order valence-electron chi connectivity index (χ1n) is 10.4. The van der Waals surface area contributed by atoms with Gasteiger partial charge in [-0.25, -0.2) is 9.97 Å². The molecule has 1 fully saturated rings. The first kappa shape index (κ1) is 20.7. The zero-order valence-electron chi connectivity index (χ0n) is 17.9. The number of aryl methyl sites for hydroxylation is 1. The van der Waals surface area contributed by atoms with Gasteiger partial charge in [0.25, 0.3) is 5.56 Å². The van der Waals surface area contributed by atoms with E-state index in [4.69, 9.17) is 9.47 Å². The van der Waals surface area contributed by atoms with Crippen molar-refractivity contribution in [3.8, 4) is 17.7 Å². The number of aromatic nitrogens is 3. The van der Waals surface area contributed by atoms with Crippen molar-refractivity contribution in [1.29, 1.82) is 5.26 Å². The number of anilines is 1. The normalized spacial score (nSPS) is 14.6. The van der Waals surface area contributed by atoms with Gasteiger partial charge in [0, 0.05) is 45.1 Å². The summed E-state index contributed by atoms with van der Waals surface area (Å²) < 4.78 is 13.2. The van der Waals surface area contributed by atoms with Crippen LogP contribution in [0.1, 0.15) is 32.4 Å². The minimum Gasteiger partial charge on any atom is -0.489 e. The quantitative estimate of drug-likeness (QED) is 0.627. The third kappa shape index (κ3) is 4.45. The number of rotatable bonds is 5. The van der Waals surface area contributed by atoms with Crippen LogP contribution in [0.15, 0.2) is 41.3 Å². The molecule has 4 heterocycles. The average molecular weight is 419 g/mol. The molecule has 0 radical (unpaired) electrons. The van der Waals surface area contributed by atoms with Gasteiger partial charge < -0.3 is 18.9 Å². The van der Waals surface area contributed by atoms with E-state index < -0.39 is 0 Å². The number of hydrogen-bond donors (Lipinski definition) is 0. The van der Waals surface area contributed by atoms with Crippen molar-refractivity contribution < 1.29 is 9.47 Å². The van der Waals surface area contributed by atoms with Crippen LogP contribution in [0.25, 0.3) is 11.0 Å². The van der Waals surface area contributed by atoms with E-state index in [0.717, 1.165) is 37.4 Å². The molecule has 1 saturated heterocycles. The van der Waals surface area contributed by atoms with E-state index in [2.05, 4.69) is 20.9 Å². The van der Waals surface area contributed by atoms with Gasteiger partial charge in [-0.05, 0) is 32.0 Å². The van der Waals surface area contributed by atoms with E-state index in [9.17, 15) is 10.1 Å². The van der Waals surface area contributed by atoms with Gasteiger partial charge in [0.2, 0.25) is 5.88 Å². The maximum atomic E-state index is 12.5. The lowest BCUT2D eigenvalue weighted by Crippen LogP contribution is -2.39. The summed E-state index contributed by atoms with van der Waals surface area (Å²) in [6.45, 7) is 5.39. The van der Waals surface area contributed by atoms with E-state index in [1.54, 1.807) is 36.0 Å². The van der Waals surface area contributed by atoms with E-state index in [1.165, 1.54) is 0 Å². The van der Waals surface area contributed by atoms with Crippen LogP contribution < -0.4 is 19.9 Å². The van der Waals surface area contributed by atoms with E-state index in [0.29, 0.717) is 22.6 Å². The lowest BCUT2D eigenvalue weighted by molar-refractivity contribution is 0.163. The number of piperidine rings is 1. The Balaban J connectivity index is 1.48. The van der Waals surface area contributed by atoms with Crippen LogP contribution in [-0.4, -0.2) is 39.8 Å². The molecule has 0 aromatic carbocycles. The summed E-state index contributed by atoms with van der Waals surface area (Å²) in [5, 5.41) is 9.23. The molecule has 160 valence electrons. The highest BCUT2D eigenvalue weighted by Gasteiger charge is 2.24. The number of nitrogens with zero attached hydrogens (tertiary/aromatic N) is 5. The predicted molar refractivity (Wildman–Crippen MR) is 118 cm³/mol. The predicted octanol–water partition coefficient (Wildman–Crippen LogP) is 3.04. The SMILES string of the molecule is CC(C)Oc1ccc(OC2CCN(c3cc(=O)n(C)c4ccc(C#N)nc34)CC2)nc1. The molecular weight excluding hydrogens is 394 g/mol. The highest BCUT2D eigenvalue weighted by Crippen LogP contribution is 2.28. The fourth-order valence-electron chi connectivity index (χ4n) is 3.78. The minimum absolute atomic E-state index is 0.0426. The molecule has 0 amide bonds. The van der Waals surface area contributed by atoms with Crippen LogP contribution in [-0.2, 0) is 7.05 Å². The Morgan fingerprint density at radius 3 is 2.61 bits per heavy atom. The Morgan fingerprint density at radius 1 is 1.19 bits per heavy atom. The Labute approximate surface area is 180 Å². The lowest BCUT2D eigenvalue weighted by Gasteiger charge is -2.33. The molecule has 8 nitrogen and oxygen atoms in total. The Morgan fingerprint density at radius 2 is 1.97 bits per heavy atom. The summed E-state index contributed by atoms with van der Waals surface area (Å²) in [5.41, 5.74) is 2.39. The number of fused-ring (bicyclic) bond motifs is 1. The van der Waals surface area contributed by atoms with Crippen LogP contribution in [0, 0.1) is 11.3 Å². The fraction of sp³-hybridized carbons (Fsp3) is 0.391. The second-order valence-electron chi connectivity index (χ2n) is 7.91. The van der Waals surface area contributed by atoms with Gasteiger partial charge in [0.15, 0.2) is 0 Å². The average Bonchev–Trinajstić information content (AvgIpc) is 2.77. The molecule has 0 atom stereocenters. The van der Waals surface area contributed by atoms with Crippen LogP contribution in [0.3, 0.4) is 0 Å². The van der Waals surface area contributed by atoms with Crippen molar-refractivity contribution in [1.82, 2.24) is 14.5 Å². The van der Waals surface area contributed by atoms with Gasteiger partial charge in [0.05, 0.1) is 23.5 Å². The van der Waals surface area contributed by atoms with Crippen LogP contribution in [0.5, 0.6) is 11.6 Å². The molecular formula is C23H25N5O3. The molecule has 31 heavy (non-hydrogen) atoms. The van der Waals surface area contributed by atoms with Gasteiger partial charge in [-0.1, -0.05) is 0 Å². The topological polar surface area (TPSA) is 93.3 Å². The first-order chi connectivity index (χ1) is 14.9. The molecule has 0 saturated carbocycles. The first-order valence-corrected chi connectivity index (χ1v) is 10.4. The number of nitriles is 1. The maximum absolute atomic E-state index is 12.5. The molecule has 1 aliphatic rings. The lowest BCUT2D eigenvalue weighted by atomic mass is 10.1. The molecule has 0 unspecified atom stereocenters. The summed E-state index contributed by atoms with van der Waals surface area (Å²) >= 11 is 0. The summed E-state index contributed by atoms with van der Waals surface area (Å²) in [5.74, 6) is 1.30. The molecule has 8 heteroatoms. The largest absolute Gasteiger partial charge is 0.489 e. The molecule has 0 spiro atoms. The molecule has 0 N–H and O–H groups in total. The zero-order valence-corrected chi connectivity index (χ0v) is 17.9. The third-order valence-corrected chi connectivity index (χ3v) is 5.33. The second-order valence-corrected chi connectivity index (χ2v) is 7.91. The number of ether oxygens (including phenoxy) is 2. The molecule has 3 aromatic heterocycles. The van der Waals surface area contributed by atoms with Gasteiger partial charge in [-0.3, -0.25) is 4.79 Å². The smallest absolute Gasteiger partial charge is 0.252 e. The molecule has 0 bridgehead atoms. The maximum Gasteiger partial charge on any atom is 0.252 e. The summed E-state index contributed by atoms with van der Waals surface area (Å²) in [7, 11) is 1.72. The van der Waals surface area contributed by atoms with Gasteiger partial charge in [-0.2, -0.15) is 5.26 Å². The van der Waals surface area contributed by atoms with Crippen molar-refractivity contribution >= 4 is 16.7 Å². The van der Waals surface area contributed by atoms with Crippen LogP contribution >= 0.6 is 0 Å². The summed E-state index contributed by atoms with van der Waals surface area (Å²) in [4.78, 5) is 23.4. The van der Waals surface area contributed by atoms with Crippen molar-refractivity contribution in [2.75, 3.05) is 18.0 Å². The van der Waals surface area contributed by atoms with E-state index in [-0.39, 0.29) is 17.8 Å². The highest BCUT2D eigenvalue weighted by molar-refractivity contribution is 5.88. The van der Waals surface area contributed by atoms with E-state index >= 15 is 0 Å². The molecule has 3 aromatic rings. The minimum atomic E-state index is -0.0970. The zero-order chi connectivity index (χ0) is 22.0. The molecule has 4 rings (SSSR count). The third-order valence-electron chi connectivity index (χ3n) is 5.33. The Kier molecular flexibility index (Phi) is 5.76. The molecule has 0 aliphatic carbocycles. The highest BCUT2D eigenvalue weighted by atomic mass is 16.5. The van der Waals surface area contributed by atoms with Crippen molar-refractivity contribution in [3.05, 3.63) is 52.6 Å². The molecule has 1 aliphatic heterocycles. The monoisotopic (exact) mass is 419 g/mol. The van der Waals surface area contributed by atoms with Crippen LogP contribution in [0.4, 0.5) is 5.69 Å².